The molecule has 1 aliphatic rings. The van der Waals surface area contributed by atoms with E-state index in [9.17, 15) is 9.90 Å². The van der Waals surface area contributed by atoms with Crippen LogP contribution in [0.15, 0.2) is 77.7 Å². The third-order valence-corrected chi connectivity index (χ3v) is 6.57. The van der Waals surface area contributed by atoms with Crippen LogP contribution in [-0.4, -0.2) is 34.9 Å². The zero-order valence-corrected chi connectivity index (χ0v) is 18.2. The van der Waals surface area contributed by atoms with Crippen molar-refractivity contribution >= 4 is 29.5 Å². The van der Waals surface area contributed by atoms with Gasteiger partial charge in [0.05, 0.1) is 6.61 Å². The van der Waals surface area contributed by atoms with Crippen molar-refractivity contribution in [3.8, 4) is 16.9 Å². The van der Waals surface area contributed by atoms with Crippen molar-refractivity contribution in [1.29, 1.82) is 0 Å². The highest BCUT2D eigenvalue weighted by Gasteiger charge is 2.61. The first-order chi connectivity index (χ1) is 15.0. The molecule has 5 nitrogen and oxygen atoms in total. The lowest BCUT2D eigenvalue weighted by Gasteiger charge is -2.15. The van der Waals surface area contributed by atoms with Crippen LogP contribution < -0.4 is 9.46 Å². The molecule has 2 atom stereocenters. The zero-order valence-electron chi connectivity index (χ0n) is 16.6. The number of benzene rings is 3. The number of ether oxygens (including phenoxy) is 1. The minimum atomic E-state index is -1.02. The van der Waals surface area contributed by atoms with Crippen LogP contribution in [-0.2, 0) is 4.79 Å². The van der Waals surface area contributed by atoms with Gasteiger partial charge in [-0.15, -0.1) is 0 Å². The molecule has 4 rings (SSSR count). The summed E-state index contributed by atoms with van der Waals surface area (Å²) in [4.78, 5) is 13.0. The summed E-state index contributed by atoms with van der Waals surface area (Å²) >= 11 is 7.27. The number of carboxylic acid groups (broad SMARTS) is 1. The molecule has 0 aliphatic heterocycles. The van der Waals surface area contributed by atoms with Crippen LogP contribution in [0.5, 0.6) is 5.75 Å². The van der Waals surface area contributed by atoms with Crippen molar-refractivity contribution in [2.75, 3.05) is 13.2 Å². The van der Waals surface area contributed by atoms with Gasteiger partial charge in [0.15, 0.2) is 0 Å². The fourth-order valence-electron chi connectivity index (χ4n) is 3.55. The topological polar surface area (TPSA) is 78.8 Å². The van der Waals surface area contributed by atoms with Crippen molar-refractivity contribution < 1.29 is 19.7 Å². The Hall–Kier alpha value is -2.51. The van der Waals surface area contributed by atoms with Gasteiger partial charge in [0, 0.05) is 15.8 Å². The average molecular weight is 456 g/mol. The van der Waals surface area contributed by atoms with Gasteiger partial charge in [0.2, 0.25) is 0 Å². The highest BCUT2D eigenvalue weighted by atomic mass is 35.5. The molecule has 0 radical (unpaired) electrons. The molecule has 7 heteroatoms. The van der Waals surface area contributed by atoms with Crippen LogP contribution in [0.25, 0.3) is 11.1 Å². The van der Waals surface area contributed by atoms with Gasteiger partial charge in [-0.05, 0) is 71.5 Å². The van der Waals surface area contributed by atoms with Gasteiger partial charge >= 0.3 is 5.97 Å². The number of hydrogen-bond acceptors (Lipinski definition) is 5. The van der Waals surface area contributed by atoms with E-state index in [2.05, 4.69) is 4.72 Å². The molecule has 0 saturated heterocycles. The van der Waals surface area contributed by atoms with Gasteiger partial charge < -0.3 is 14.9 Å². The Morgan fingerprint density at radius 3 is 2.42 bits per heavy atom. The summed E-state index contributed by atoms with van der Waals surface area (Å²) < 4.78 is 8.64. The van der Waals surface area contributed by atoms with E-state index in [0.717, 1.165) is 21.6 Å². The highest BCUT2D eigenvalue weighted by molar-refractivity contribution is 7.97. The summed E-state index contributed by atoms with van der Waals surface area (Å²) in [6.07, 6.45) is 0.502. The number of carbonyl (C=O) groups is 1. The number of hydrogen-bond donors (Lipinski definition) is 3. The molecule has 1 fully saturated rings. The summed E-state index contributed by atoms with van der Waals surface area (Å²) in [5, 5.41) is 19.5. The minimum absolute atomic E-state index is 0.0677. The summed E-state index contributed by atoms with van der Waals surface area (Å²) in [7, 11) is 0. The van der Waals surface area contributed by atoms with Crippen LogP contribution in [0.4, 0.5) is 0 Å². The van der Waals surface area contributed by atoms with Crippen molar-refractivity contribution in [1.82, 2.24) is 4.72 Å². The fourth-order valence-corrected chi connectivity index (χ4v) is 4.56. The summed E-state index contributed by atoms with van der Waals surface area (Å²) in [5.74, 6) is -0.392. The summed E-state index contributed by atoms with van der Waals surface area (Å²) in [6.45, 7) is 0.139. The molecule has 1 saturated carbocycles. The van der Waals surface area contributed by atoms with E-state index in [-0.39, 0.29) is 19.1 Å². The van der Waals surface area contributed by atoms with Gasteiger partial charge in [-0.2, -0.15) is 0 Å². The van der Waals surface area contributed by atoms with E-state index < -0.39 is 11.5 Å². The maximum Gasteiger partial charge on any atom is 0.325 e. The second kappa shape index (κ2) is 9.32. The Morgan fingerprint density at radius 1 is 1.10 bits per heavy atom. The number of aliphatic carboxylic acids is 1. The first-order valence-corrected chi connectivity index (χ1v) is 11.1. The molecule has 0 amide bonds. The number of aliphatic hydroxyl groups is 1. The van der Waals surface area contributed by atoms with Crippen LogP contribution in [0.1, 0.15) is 17.9 Å². The zero-order chi connectivity index (χ0) is 21.8. The molecule has 1 aliphatic carbocycles. The SMILES string of the molecule is O=C(O)C1(NSc2ccc(-c3ccc(Cl)cc3)cc2)CC1c1cccc(OCCO)c1. The number of rotatable bonds is 9. The molecule has 3 N–H and O–H groups in total. The third kappa shape index (κ3) is 4.88. The van der Waals surface area contributed by atoms with E-state index in [4.69, 9.17) is 21.4 Å². The lowest BCUT2D eigenvalue weighted by molar-refractivity contribution is -0.140. The molecule has 0 spiro atoms. The second-order valence-corrected chi connectivity index (χ2v) is 8.73. The quantitative estimate of drug-likeness (QED) is 0.395. The number of halogens is 1. The van der Waals surface area contributed by atoms with Gasteiger partial charge in [0.25, 0.3) is 0 Å². The van der Waals surface area contributed by atoms with Crippen molar-refractivity contribution in [2.24, 2.45) is 0 Å². The maximum absolute atomic E-state index is 12.1. The van der Waals surface area contributed by atoms with E-state index in [1.165, 1.54) is 11.9 Å². The maximum atomic E-state index is 12.1. The van der Waals surface area contributed by atoms with E-state index in [1.807, 2.05) is 66.7 Å². The Bertz CT molecular complexity index is 1060. The largest absolute Gasteiger partial charge is 0.491 e. The van der Waals surface area contributed by atoms with E-state index in [0.29, 0.717) is 17.2 Å². The molecule has 0 bridgehead atoms. The number of carboxylic acids is 1. The van der Waals surface area contributed by atoms with Crippen LogP contribution in [0, 0.1) is 0 Å². The van der Waals surface area contributed by atoms with Gasteiger partial charge in [-0.3, -0.25) is 4.79 Å². The first-order valence-electron chi connectivity index (χ1n) is 9.89. The van der Waals surface area contributed by atoms with Gasteiger partial charge in [-0.1, -0.05) is 48.0 Å². The van der Waals surface area contributed by atoms with Gasteiger partial charge in [0.1, 0.15) is 17.9 Å². The summed E-state index contributed by atoms with van der Waals surface area (Å²) in [5.41, 5.74) is 2.03. The minimum Gasteiger partial charge on any atom is -0.491 e. The van der Waals surface area contributed by atoms with Crippen molar-refractivity contribution in [3.63, 3.8) is 0 Å². The monoisotopic (exact) mass is 455 g/mol. The van der Waals surface area contributed by atoms with Crippen LogP contribution in [0.2, 0.25) is 5.02 Å². The van der Waals surface area contributed by atoms with Crippen molar-refractivity contribution in [2.45, 2.75) is 22.8 Å². The molecule has 0 heterocycles. The smallest absolute Gasteiger partial charge is 0.325 e. The molecule has 160 valence electrons. The molecule has 3 aromatic carbocycles. The molecule has 0 aromatic heterocycles. The third-order valence-electron chi connectivity index (χ3n) is 5.35. The Kier molecular flexibility index (Phi) is 6.53. The van der Waals surface area contributed by atoms with Gasteiger partial charge in [-0.25, -0.2) is 4.72 Å². The number of nitrogens with one attached hydrogen (secondary N) is 1. The summed E-state index contributed by atoms with van der Waals surface area (Å²) in [6, 6.07) is 23.0. The van der Waals surface area contributed by atoms with E-state index in [1.54, 1.807) is 6.07 Å². The molecule has 3 aromatic rings. The molecular weight excluding hydrogens is 434 g/mol. The van der Waals surface area contributed by atoms with Crippen molar-refractivity contribution in [3.05, 3.63) is 83.4 Å². The second-order valence-electron chi connectivity index (χ2n) is 7.41. The normalized spacial score (nSPS) is 19.7. The van der Waals surface area contributed by atoms with Crippen LogP contribution >= 0.6 is 23.5 Å². The molecule has 2 unspecified atom stereocenters. The lowest BCUT2D eigenvalue weighted by atomic mass is 10.1. The standard InChI is InChI=1S/C24H22ClNO4S/c25-19-8-4-16(5-9-19)17-6-10-21(11-7-17)31-26-24(23(28)29)15-22(24)18-2-1-3-20(14-18)30-13-12-27/h1-11,14,22,26-27H,12-13,15H2,(H,28,29). The lowest BCUT2D eigenvalue weighted by Crippen LogP contribution is -2.36. The Labute approximate surface area is 190 Å². The van der Waals surface area contributed by atoms with Crippen LogP contribution in [0.3, 0.4) is 0 Å². The predicted molar refractivity (Wildman–Crippen MR) is 123 cm³/mol. The highest BCUT2D eigenvalue weighted by Crippen LogP contribution is 2.53. The predicted octanol–water partition coefficient (Wildman–Crippen LogP) is 4.99. The molecule has 31 heavy (non-hydrogen) atoms. The Balaban J connectivity index is 1.43. The number of aliphatic hydroxyl groups excluding tert-OH is 1. The first kappa shape index (κ1) is 21.7. The molecular formula is C24H22ClNO4S. The Morgan fingerprint density at radius 2 is 1.77 bits per heavy atom. The average Bonchev–Trinajstić information content (AvgIpc) is 3.54. The van der Waals surface area contributed by atoms with E-state index >= 15 is 0 Å². The fraction of sp³-hybridized carbons (Fsp3) is 0.208.